The molecule has 16 heavy (non-hydrogen) atoms. The lowest BCUT2D eigenvalue weighted by atomic mass is 10.3. The van der Waals surface area contributed by atoms with Crippen molar-refractivity contribution in [1.29, 1.82) is 0 Å². The zero-order valence-electron chi connectivity index (χ0n) is 8.80. The van der Waals surface area contributed by atoms with Crippen LogP contribution < -0.4 is 0 Å². The number of imidazole rings is 1. The molecule has 2 aromatic rings. The Hall–Kier alpha value is -0.440. The second kappa shape index (κ2) is 4.82. The van der Waals surface area contributed by atoms with E-state index in [9.17, 15) is 0 Å². The molecule has 0 aliphatic heterocycles. The minimum Gasteiger partial charge on any atom is -0.315 e. The maximum Gasteiger partial charge on any atom is 0.203 e. The fraction of sp³-hybridized carbons (Fsp3) is 0.364. The van der Waals surface area contributed by atoms with E-state index in [4.69, 9.17) is 34.8 Å². The molecule has 86 valence electrons. The van der Waals surface area contributed by atoms with E-state index in [2.05, 4.69) is 11.9 Å². The Balaban J connectivity index is 2.55. The summed E-state index contributed by atoms with van der Waals surface area (Å²) in [7, 11) is 0. The van der Waals surface area contributed by atoms with Crippen molar-refractivity contribution in [1.82, 2.24) is 9.55 Å². The summed E-state index contributed by atoms with van der Waals surface area (Å²) in [5, 5.41) is 1.52. The SMILES string of the molecule is CCCCn1c(Cl)nc2cc(Cl)c(Cl)cc21. The van der Waals surface area contributed by atoms with Gasteiger partial charge in [-0.05, 0) is 30.2 Å². The molecule has 0 saturated carbocycles. The number of nitrogens with zero attached hydrogens (tertiary/aromatic N) is 2. The summed E-state index contributed by atoms with van der Waals surface area (Å²) in [4.78, 5) is 4.25. The van der Waals surface area contributed by atoms with Crippen molar-refractivity contribution in [2.75, 3.05) is 0 Å². The number of halogens is 3. The third kappa shape index (κ3) is 2.15. The van der Waals surface area contributed by atoms with Crippen molar-refractivity contribution >= 4 is 45.8 Å². The molecule has 1 heterocycles. The molecule has 0 amide bonds. The number of aryl methyl sites for hydroxylation is 1. The lowest BCUT2D eigenvalue weighted by Gasteiger charge is -2.04. The van der Waals surface area contributed by atoms with Crippen LogP contribution in [0, 0.1) is 0 Å². The van der Waals surface area contributed by atoms with Crippen LogP contribution in [-0.4, -0.2) is 9.55 Å². The smallest absolute Gasteiger partial charge is 0.203 e. The van der Waals surface area contributed by atoms with Gasteiger partial charge in [0.25, 0.3) is 0 Å². The van der Waals surface area contributed by atoms with Crippen molar-refractivity contribution in [3.63, 3.8) is 0 Å². The molecule has 1 aromatic heterocycles. The van der Waals surface area contributed by atoms with Gasteiger partial charge in [-0.3, -0.25) is 0 Å². The van der Waals surface area contributed by atoms with E-state index >= 15 is 0 Å². The van der Waals surface area contributed by atoms with Gasteiger partial charge in [-0.25, -0.2) is 4.98 Å². The molecule has 0 fully saturated rings. The molecule has 2 rings (SSSR count). The highest BCUT2D eigenvalue weighted by atomic mass is 35.5. The molecular formula is C11H11Cl3N2. The lowest BCUT2D eigenvalue weighted by molar-refractivity contribution is 0.646. The topological polar surface area (TPSA) is 17.8 Å². The Morgan fingerprint density at radius 1 is 1.19 bits per heavy atom. The van der Waals surface area contributed by atoms with Crippen LogP contribution in [-0.2, 0) is 6.54 Å². The van der Waals surface area contributed by atoms with Crippen LogP contribution in [0.5, 0.6) is 0 Å². The molecule has 0 unspecified atom stereocenters. The Labute approximate surface area is 109 Å². The normalized spacial score (nSPS) is 11.2. The average Bonchev–Trinajstić information content (AvgIpc) is 2.52. The van der Waals surface area contributed by atoms with Crippen LogP contribution in [0.25, 0.3) is 11.0 Å². The second-order valence-corrected chi connectivity index (χ2v) is 4.79. The van der Waals surface area contributed by atoms with Gasteiger partial charge in [0, 0.05) is 6.54 Å². The van der Waals surface area contributed by atoms with E-state index in [-0.39, 0.29) is 0 Å². The van der Waals surface area contributed by atoms with E-state index in [1.165, 1.54) is 0 Å². The monoisotopic (exact) mass is 276 g/mol. The molecule has 0 N–H and O–H groups in total. The number of hydrogen-bond donors (Lipinski definition) is 0. The van der Waals surface area contributed by atoms with E-state index in [1.54, 1.807) is 6.07 Å². The first-order chi connectivity index (χ1) is 7.63. The summed E-state index contributed by atoms with van der Waals surface area (Å²) in [5.41, 5.74) is 1.73. The molecule has 5 heteroatoms. The van der Waals surface area contributed by atoms with Gasteiger partial charge in [-0.2, -0.15) is 0 Å². The quantitative estimate of drug-likeness (QED) is 0.788. The first kappa shape index (κ1) is 12.0. The fourth-order valence-electron chi connectivity index (χ4n) is 1.62. The highest BCUT2D eigenvalue weighted by Gasteiger charge is 2.10. The number of rotatable bonds is 3. The standard InChI is InChI=1S/C11H11Cl3N2/c1-2-3-4-16-10-6-8(13)7(12)5-9(10)15-11(16)14/h5-6H,2-4H2,1H3. The van der Waals surface area contributed by atoms with Gasteiger partial charge in [0.15, 0.2) is 0 Å². The predicted octanol–water partition coefficient (Wildman–Crippen LogP) is 4.80. The first-order valence-electron chi connectivity index (χ1n) is 5.14. The van der Waals surface area contributed by atoms with Crippen LogP contribution >= 0.6 is 34.8 Å². The second-order valence-electron chi connectivity index (χ2n) is 3.64. The summed E-state index contributed by atoms with van der Waals surface area (Å²) in [5.74, 6) is 0. The summed E-state index contributed by atoms with van der Waals surface area (Å²) < 4.78 is 1.96. The van der Waals surface area contributed by atoms with Gasteiger partial charge < -0.3 is 4.57 Å². The van der Waals surface area contributed by atoms with Gasteiger partial charge in [0.2, 0.25) is 5.28 Å². The minimum atomic E-state index is 0.488. The van der Waals surface area contributed by atoms with Crippen LogP contribution in [0.3, 0.4) is 0 Å². The zero-order valence-corrected chi connectivity index (χ0v) is 11.1. The number of fused-ring (bicyclic) bond motifs is 1. The highest BCUT2D eigenvalue weighted by molar-refractivity contribution is 6.42. The van der Waals surface area contributed by atoms with Gasteiger partial charge in [0.05, 0.1) is 21.1 Å². The van der Waals surface area contributed by atoms with Crippen LogP contribution in [0.2, 0.25) is 15.3 Å². The van der Waals surface area contributed by atoms with Gasteiger partial charge in [-0.15, -0.1) is 0 Å². The predicted molar refractivity (Wildman–Crippen MR) is 69.7 cm³/mol. The van der Waals surface area contributed by atoms with Crippen molar-refractivity contribution < 1.29 is 0 Å². The van der Waals surface area contributed by atoms with Gasteiger partial charge >= 0.3 is 0 Å². The lowest BCUT2D eigenvalue weighted by Crippen LogP contribution is -1.97. The molecule has 0 bridgehead atoms. The third-order valence-corrected chi connectivity index (χ3v) is 3.49. The molecule has 0 aliphatic carbocycles. The Morgan fingerprint density at radius 3 is 2.56 bits per heavy atom. The van der Waals surface area contributed by atoms with Crippen LogP contribution in [0.1, 0.15) is 19.8 Å². The van der Waals surface area contributed by atoms with E-state index in [0.29, 0.717) is 15.3 Å². The minimum absolute atomic E-state index is 0.488. The summed E-state index contributed by atoms with van der Waals surface area (Å²) in [6.07, 6.45) is 2.17. The first-order valence-corrected chi connectivity index (χ1v) is 6.27. The van der Waals surface area contributed by atoms with Crippen molar-refractivity contribution in [3.8, 4) is 0 Å². The Bertz CT molecular complexity index is 519. The van der Waals surface area contributed by atoms with E-state index in [0.717, 1.165) is 30.4 Å². The highest BCUT2D eigenvalue weighted by Crippen LogP contribution is 2.29. The molecular weight excluding hydrogens is 266 g/mol. The maximum atomic E-state index is 6.07. The van der Waals surface area contributed by atoms with Crippen LogP contribution in [0.4, 0.5) is 0 Å². The molecule has 0 radical (unpaired) electrons. The largest absolute Gasteiger partial charge is 0.315 e. The van der Waals surface area contributed by atoms with Gasteiger partial charge in [0.1, 0.15) is 0 Å². The maximum absolute atomic E-state index is 6.07. The summed E-state index contributed by atoms with van der Waals surface area (Å²) in [6.45, 7) is 2.99. The third-order valence-electron chi connectivity index (χ3n) is 2.48. The summed E-state index contributed by atoms with van der Waals surface area (Å²) >= 11 is 18.0. The molecule has 0 spiro atoms. The van der Waals surface area contributed by atoms with Crippen molar-refractivity contribution in [2.24, 2.45) is 0 Å². The van der Waals surface area contributed by atoms with E-state index in [1.807, 2.05) is 10.6 Å². The Kier molecular flexibility index (Phi) is 3.63. The molecule has 1 aromatic carbocycles. The molecule has 0 atom stereocenters. The van der Waals surface area contributed by atoms with Gasteiger partial charge in [-0.1, -0.05) is 36.5 Å². The zero-order chi connectivity index (χ0) is 11.7. The molecule has 0 saturated heterocycles. The summed E-state index contributed by atoms with van der Waals surface area (Å²) in [6, 6.07) is 3.56. The van der Waals surface area contributed by atoms with Crippen molar-refractivity contribution in [3.05, 3.63) is 27.5 Å². The van der Waals surface area contributed by atoms with Crippen LogP contribution in [0.15, 0.2) is 12.1 Å². The number of hydrogen-bond acceptors (Lipinski definition) is 1. The molecule has 0 aliphatic rings. The number of unbranched alkanes of at least 4 members (excludes halogenated alkanes) is 1. The van der Waals surface area contributed by atoms with Crippen molar-refractivity contribution in [2.45, 2.75) is 26.3 Å². The Morgan fingerprint density at radius 2 is 1.88 bits per heavy atom. The number of benzene rings is 1. The average molecular weight is 278 g/mol. The van der Waals surface area contributed by atoms with E-state index < -0.39 is 0 Å². The molecule has 2 nitrogen and oxygen atoms in total. The number of aromatic nitrogens is 2. The fourth-order valence-corrected chi connectivity index (χ4v) is 2.20.